The van der Waals surface area contributed by atoms with Crippen molar-refractivity contribution in [2.45, 2.75) is 32.2 Å². The van der Waals surface area contributed by atoms with Gasteiger partial charge in [0.2, 0.25) is 5.91 Å². The predicted molar refractivity (Wildman–Crippen MR) is 131 cm³/mol. The molecule has 0 atom stereocenters. The van der Waals surface area contributed by atoms with E-state index >= 15 is 0 Å². The average Bonchev–Trinajstić information content (AvgIpc) is 3.69. The molecule has 1 aromatic carbocycles. The molecule has 2 amide bonds. The van der Waals surface area contributed by atoms with Gasteiger partial charge >= 0.3 is 0 Å². The van der Waals surface area contributed by atoms with Gasteiger partial charge in [-0.2, -0.15) is 9.78 Å². The third kappa shape index (κ3) is 4.84. The number of carbonyl (C=O) groups is 2. The molecule has 178 valence electrons. The minimum atomic E-state index is -0.331. The highest BCUT2D eigenvalue weighted by molar-refractivity contribution is 6.07. The number of methoxy groups -OCH3 is 1. The number of pyridine rings is 2. The Morgan fingerprint density at radius 1 is 1.11 bits per heavy atom. The van der Waals surface area contributed by atoms with E-state index in [9.17, 15) is 9.59 Å². The lowest BCUT2D eigenvalue weighted by molar-refractivity contribution is -0.120. The van der Waals surface area contributed by atoms with Crippen molar-refractivity contribution in [3.05, 3.63) is 77.2 Å². The summed E-state index contributed by atoms with van der Waals surface area (Å²) in [7, 11) is 1.61. The monoisotopic (exact) mass is 470 g/mol. The maximum Gasteiger partial charge on any atom is 0.252 e. The van der Waals surface area contributed by atoms with E-state index in [1.54, 1.807) is 18.0 Å². The van der Waals surface area contributed by atoms with Crippen LogP contribution in [0.3, 0.4) is 0 Å². The molecule has 9 nitrogen and oxygen atoms in total. The largest absolute Gasteiger partial charge is 0.497 e. The molecule has 0 radical (unpaired) electrons. The molecule has 0 saturated heterocycles. The number of ether oxygens (including phenoxy) is 1. The van der Waals surface area contributed by atoms with E-state index in [2.05, 4.69) is 20.7 Å². The van der Waals surface area contributed by atoms with Crippen LogP contribution < -0.4 is 15.4 Å². The Morgan fingerprint density at radius 2 is 1.91 bits per heavy atom. The van der Waals surface area contributed by atoms with Crippen molar-refractivity contribution in [3.63, 3.8) is 0 Å². The van der Waals surface area contributed by atoms with Gasteiger partial charge in [-0.25, -0.2) is 9.97 Å². The van der Waals surface area contributed by atoms with Crippen LogP contribution in [-0.4, -0.2) is 45.2 Å². The molecule has 3 aromatic heterocycles. The SMILES string of the molecule is COc1ccc(CNC(=O)CNC(=O)c2cc(C3CC3)nc3c2c(C)nn3-c2ccccn2)cc1. The van der Waals surface area contributed by atoms with Gasteiger partial charge in [-0.05, 0) is 55.7 Å². The highest BCUT2D eigenvalue weighted by Crippen LogP contribution is 2.40. The van der Waals surface area contributed by atoms with E-state index in [1.165, 1.54) is 0 Å². The third-order valence-electron chi connectivity index (χ3n) is 6.00. The molecule has 5 rings (SSSR count). The van der Waals surface area contributed by atoms with Gasteiger partial charge in [-0.3, -0.25) is 9.59 Å². The summed E-state index contributed by atoms with van der Waals surface area (Å²) in [4.78, 5) is 34.8. The number of fused-ring (bicyclic) bond motifs is 1. The van der Waals surface area contributed by atoms with Crippen LogP contribution >= 0.6 is 0 Å². The molecule has 1 fully saturated rings. The number of aryl methyl sites for hydroxylation is 1. The number of benzene rings is 1. The third-order valence-corrected chi connectivity index (χ3v) is 6.00. The highest BCUT2D eigenvalue weighted by Gasteiger charge is 2.29. The molecular weight excluding hydrogens is 444 g/mol. The number of aromatic nitrogens is 4. The smallest absolute Gasteiger partial charge is 0.252 e. The molecule has 3 heterocycles. The summed E-state index contributed by atoms with van der Waals surface area (Å²) >= 11 is 0. The topological polar surface area (TPSA) is 111 Å². The molecule has 0 spiro atoms. The standard InChI is InChI=1S/C26H26N6O3/c1-16-24-20(26(34)29-15-23(33)28-14-17-6-10-19(35-2)11-7-17)13-21(18-8-9-18)30-25(24)32(31-16)22-5-3-4-12-27-22/h3-7,10-13,18H,8-9,14-15H2,1-2H3,(H,28,33)(H,29,34). The fourth-order valence-corrected chi connectivity index (χ4v) is 3.98. The van der Waals surface area contributed by atoms with Crippen molar-refractivity contribution in [2.24, 2.45) is 0 Å². The normalized spacial score (nSPS) is 13.0. The Hall–Kier alpha value is -4.27. The summed E-state index contributed by atoms with van der Waals surface area (Å²) in [6.45, 7) is 2.07. The second-order valence-corrected chi connectivity index (χ2v) is 8.56. The minimum Gasteiger partial charge on any atom is -0.497 e. The summed E-state index contributed by atoms with van der Waals surface area (Å²) in [5.74, 6) is 1.12. The zero-order chi connectivity index (χ0) is 24.4. The molecule has 1 aliphatic carbocycles. The van der Waals surface area contributed by atoms with Gasteiger partial charge in [0, 0.05) is 24.4 Å². The summed E-state index contributed by atoms with van der Waals surface area (Å²) < 4.78 is 6.82. The summed E-state index contributed by atoms with van der Waals surface area (Å²) in [6.07, 6.45) is 3.79. The van der Waals surface area contributed by atoms with Crippen LogP contribution in [0.1, 0.15) is 46.1 Å². The Morgan fingerprint density at radius 3 is 2.60 bits per heavy atom. The van der Waals surface area contributed by atoms with Crippen molar-refractivity contribution in [2.75, 3.05) is 13.7 Å². The molecule has 9 heteroatoms. The quantitative estimate of drug-likeness (QED) is 0.410. The average molecular weight is 471 g/mol. The van der Waals surface area contributed by atoms with Gasteiger partial charge in [-0.1, -0.05) is 18.2 Å². The molecule has 0 unspecified atom stereocenters. The zero-order valence-electron chi connectivity index (χ0n) is 19.6. The van der Waals surface area contributed by atoms with E-state index in [-0.39, 0.29) is 18.4 Å². The van der Waals surface area contributed by atoms with Crippen LogP contribution in [0.15, 0.2) is 54.7 Å². The van der Waals surface area contributed by atoms with Crippen LogP contribution in [0.25, 0.3) is 16.9 Å². The lowest BCUT2D eigenvalue weighted by Gasteiger charge is -2.10. The predicted octanol–water partition coefficient (Wildman–Crippen LogP) is 3.06. The summed E-state index contributed by atoms with van der Waals surface area (Å²) in [5.41, 5.74) is 3.55. The molecule has 4 aromatic rings. The lowest BCUT2D eigenvalue weighted by atomic mass is 10.1. The number of hydrogen-bond acceptors (Lipinski definition) is 6. The van der Waals surface area contributed by atoms with Crippen molar-refractivity contribution < 1.29 is 14.3 Å². The maximum atomic E-state index is 13.2. The van der Waals surface area contributed by atoms with Crippen LogP contribution in [0.5, 0.6) is 5.75 Å². The first-order valence-electron chi connectivity index (χ1n) is 11.5. The molecule has 35 heavy (non-hydrogen) atoms. The van der Waals surface area contributed by atoms with Crippen molar-refractivity contribution >= 4 is 22.8 Å². The van der Waals surface area contributed by atoms with Crippen molar-refractivity contribution in [1.82, 2.24) is 30.4 Å². The van der Waals surface area contributed by atoms with Gasteiger partial charge < -0.3 is 15.4 Å². The molecule has 1 aliphatic rings. The second kappa shape index (κ2) is 9.54. The Labute approximate surface area is 202 Å². The number of nitrogens with one attached hydrogen (secondary N) is 2. The van der Waals surface area contributed by atoms with Crippen LogP contribution in [0.4, 0.5) is 0 Å². The van der Waals surface area contributed by atoms with E-state index in [4.69, 9.17) is 9.72 Å². The Balaban J connectivity index is 1.34. The summed E-state index contributed by atoms with van der Waals surface area (Å²) in [6, 6.07) is 14.8. The van der Waals surface area contributed by atoms with Crippen molar-refractivity contribution in [1.29, 1.82) is 0 Å². The molecule has 2 N–H and O–H groups in total. The highest BCUT2D eigenvalue weighted by atomic mass is 16.5. The van der Waals surface area contributed by atoms with Gasteiger partial charge in [0.1, 0.15) is 5.75 Å². The van der Waals surface area contributed by atoms with Crippen LogP contribution in [0.2, 0.25) is 0 Å². The lowest BCUT2D eigenvalue weighted by Crippen LogP contribution is -2.36. The molecular formula is C26H26N6O3. The molecule has 1 saturated carbocycles. The van der Waals surface area contributed by atoms with Crippen molar-refractivity contribution in [3.8, 4) is 11.6 Å². The van der Waals surface area contributed by atoms with E-state index < -0.39 is 0 Å². The second-order valence-electron chi connectivity index (χ2n) is 8.56. The first-order valence-corrected chi connectivity index (χ1v) is 11.5. The summed E-state index contributed by atoms with van der Waals surface area (Å²) in [5, 5.41) is 10.9. The fraction of sp³-hybridized carbons (Fsp3) is 0.269. The first kappa shape index (κ1) is 22.5. The Bertz CT molecular complexity index is 1380. The molecule has 0 bridgehead atoms. The van der Waals surface area contributed by atoms with Gasteiger partial charge in [0.05, 0.1) is 30.3 Å². The van der Waals surface area contributed by atoms with Gasteiger partial charge in [-0.15, -0.1) is 0 Å². The zero-order valence-corrected chi connectivity index (χ0v) is 19.6. The maximum absolute atomic E-state index is 13.2. The van der Waals surface area contributed by atoms with E-state index in [1.807, 2.05) is 55.5 Å². The fourth-order valence-electron chi connectivity index (χ4n) is 3.98. The number of amides is 2. The van der Waals surface area contributed by atoms with Gasteiger partial charge in [0.15, 0.2) is 11.5 Å². The van der Waals surface area contributed by atoms with Gasteiger partial charge in [0.25, 0.3) is 5.91 Å². The minimum absolute atomic E-state index is 0.134. The first-order chi connectivity index (χ1) is 17.0. The Kier molecular flexibility index (Phi) is 6.13. The molecule has 0 aliphatic heterocycles. The number of carbonyl (C=O) groups excluding carboxylic acids is 2. The number of nitrogens with zero attached hydrogens (tertiary/aromatic N) is 4. The number of hydrogen-bond donors (Lipinski definition) is 2. The van der Waals surface area contributed by atoms with E-state index in [0.717, 1.165) is 29.8 Å². The van der Waals surface area contributed by atoms with Crippen LogP contribution in [0, 0.1) is 6.92 Å². The van der Waals surface area contributed by atoms with Crippen LogP contribution in [-0.2, 0) is 11.3 Å². The van der Waals surface area contributed by atoms with E-state index in [0.29, 0.717) is 40.6 Å². The number of rotatable bonds is 8.